The van der Waals surface area contributed by atoms with E-state index in [0.717, 1.165) is 11.1 Å². The van der Waals surface area contributed by atoms with Crippen molar-refractivity contribution in [3.8, 4) is 0 Å². The lowest BCUT2D eigenvalue weighted by atomic mass is 9.99. The van der Waals surface area contributed by atoms with Crippen LogP contribution >= 0.6 is 11.6 Å². The number of rotatable bonds is 4. The lowest BCUT2D eigenvalue weighted by Gasteiger charge is -2.16. The summed E-state index contributed by atoms with van der Waals surface area (Å²) in [6.45, 7) is 0. The van der Waals surface area contributed by atoms with Gasteiger partial charge in [0.1, 0.15) is 5.82 Å². The van der Waals surface area contributed by atoms with Crippen LogP contribution in [0.3, 0.4) is 0 Å². The first kappa shape index (κ1) is 13.0. The maximum Gasteiger partial charge on any atom is 0.123 e. The highest BCUT2D eigenvalue weighted by Gasteiger charge is 2.11. The van der Waals surface area contributed by atoms with Crippen molar-refractivity contribution in [2.24, 2.45) is 5.84 Å². The van der Waals surface area contributed by atoms with E-state index in [0.29, 0.717) is 11.4 Å². The Morgan fingerprint density at radius 1 is 1.17 bits per heavy atom. The highest BCUT2D eigenvalue weighted by Crippen LogP contribution is 2.21. The second-order valence-corrected chi connectivity index (χ2v) is 4.54. The molecule has 0 bridgehead atoms. The second kappa shape index (κ2) is 5.96. The van der Waals surface area contributed by atoms with Gasteiger partial charge >= 0.3 is 0 Å². The highest BCUT2D eigenvalue weighted by atomic mass is 35.5. The summed E-state index contributed by atoms with van der Waals surface area (Å²) in [6.07, 6.45) is 0.606. The zero-order valence-corrected chi connectivity index (χ0v) is 10.5. The predicted molar refractivity (Wildman–Crippen MR) is 71.6 cm³/mol. The summed E-state index contributed by atoms with van der Waals surface area (Å²) in [4.78, 5) is 0. The van der Waals surface area contributed by atoms with Gasteiger partial charge in [0.2, 0.25) is 0 Å². The van der Waals surface area contributed by atoms with Crippen LogP contribution in [0.4, 0.5) is 4.39 Å². The summed E-state index contributed by atoms with van der Waals surface area (Å²) in [7, 11) is 0. The fraction of sp³-hybridized carbons (Fsp3) is 0.143. The predicted octanol–water partition coefficient (Wildman–Crippen LogP) is 3.23. The molecule has 2 rings (SSSR count). The van der Waals surface area contributed by atoms with Crippen LogP contribution in [0.25, 0.3) is 0 Å². The summed E-state index contributed by atoms with van der Waals surface area (Å²) in [5, 5.41) is 0.659. The van der Waals surface area contributed by atoms with Crippen LogP contribution in [0.15, 0.2) is 48.5 Å². The molecule has 0 saturated carbocycles. The van der Waals surface area contributed by atoms with E-state index in [1.54, 1.807) is 12.1 Å². The summed E-state index contributed by atoms with van der Waals surface area (Å²) < 4.78 is 13.1. The molecule has 0 fully saturated rings. The van der Waals surface area contributed by atoms with E-state index in [2.05, 4.69) is 5.43 Å². The fourth-order valence-electron chi connectivity index (χ4n) is 1.90. The number of benzene rings is 2. The van der Waals surface area contributed by atoms with Gasteiger partial charge in [0, 0.05) is 5.02 Å². The Balaban J connectivity index is 2.19. The van der Waals surface area contributed by atoms with Crippen molar-refractivity contribution >= 4 is 11.6 Å². The monoisotopic (exact) mass is 264 g/mol. The molecule has 4 heteroatoms. The van der Waals surface area contributed by atoms with Crippen molar-refractivity contribution in [1.29, 1.82) is 0 Å². The molecular formula is C14H14ClFN2. The molecule has 2 nitrogen and oxygen atoms in total. The molecule has 94 valence electrons. The number of nitrogens with two attached hydrogens (primary N) is 1. The molecule has 0 spiro atoms. The zero-order valence-electron chi connectivity index (χ0n) is 9.74. The third-order valence-corrected chi connectivity index (χ3v) is 3.02. The molecule has 1 unspecified atom stereocenters. The van der Waals surface area contributed by atoms with Gasteiger partial charge in [-0.05, 0) is 41.8 Å². The van der Waals surface area contributed by atoms with Gasteiger partial charge in [0.25, 0.3) is 0 Å². The first-order valence-electron chi connectivity index (χ1n) is 5.65. The van der Waals surface area contributed by atoms with E-state index < -0.39 is 0 Å². The minimum Gasteiger partial charge on any atom is -0.271 e. The summed E-state index contributed by atoms with van der Waals surface area (Å²) in [5.41, 5.74) is 4.60. The van der Waals surface area contributed by atoms with Gasteiger partial charge in [0.05, 0.1) is 6.04 Å². The van der Waals surface area contributed by atoms with Crippen LogP contribution in [-0.2, 0) is 6.42 Å². The normalized spacial score (nSPS) is 12.4. The molecule has 0 aliphatic rings. The van der Waals surface area contributed by atoms with Gasteiger partial charge in [-0.1, -0.05) is 35.9 Å². The number of hydrogen-bond acceptors (Lipinski definition) is 2. The largest absolute Gasteiger partial charge is 0.271 e. The van der Waals surface area contributed by atoms with Crippen LogP contribution in [0.5, 0.6) is 0 Å². The first-order chi connectivity index (χ1) is 8.69. The quantitative estimate of drug-likeness (QED) is 0.657. The van der Waals surface area contributed by atoms with Crippen molar-refractivity contribution in [1.82, 2.24) is 5.43 Å². The topological polar surface area (TPSA) is 38.0 Å². The van der Waals surface area contributed by atoms with Gasteiger partial charge in [-0.25, -0.2) is 4.39 Å². The minimum atomic E-state index is -0.241. The number of hydrazine groups is 1. The molecular weight excluding hydrogens is 251 g/mol. The fourth-order valence-corrected chi connectivity index (χ4v) is 2.09. The molecule has 0 aromatic heterocycles. The summed E-state index contributed by atoms with van der Waals surface area (Å²) in [5.74, 6) is 5.31. The van der Waals surface area contributed by atoms with Gasteiger partial charge in [-0.15, -0.1) is 0 Å². The molecule has 0 aliphatic carbocycles. The Morgan fingerprint density at radius 3 is 2.61 bits per heavy atom. The standard InChI is InChI=1S/C14H14ClFN2/c15-12-5-2-4-11(9-12)14(18-17)8-10-3-1-6-13(16)7-10/h1-7,9,14,18H,8,17H2. The number of nitrogens with one attached hydrogen (secondary N) is 1. The van der Waals surface area contributed by atoms with E-state index in [1.807, 2.05) is 24.3 Å². The first-order valence-corrected chi connectivity index (χ1v) is 6.03. The van der Waals surface area contributed by atoms with Gasteiger partial charge in [-0.3, -0.25) is 11.3 Å². The molecule has 0 heterocycles. The van der Waals surface area contributed by atoms with E-state index in [9.17, 15) is 4.39 Å². The van der Waals surface area contributed by atoms with Crippen LogP contribution in [0.1, 0.15) is 17.2 Å². The average molecular weight is 265 g/mol. The van der Waals surface area contributed by atoms with Crippen LogP contribution in [0.2, 0.25) is 5.02 Å². The molecule has 18 heavy (non-hydrogen) atoms. The lowest BCUT2D eigenvalue weighted by Crippen LogP contribution is -2.29. The molecule has 0 aliphatic heterocycles. The summed E-state index contributed by atoms with van der Waals surface area (Å²) in [6, 6.07) is 13.9. The highest BCUT2D eigenvalue weighted by molar-refractivity contribution is 6.30. The third kappa shape index (κ3) is 3.29. The molecule has 0 amide bonds. The van der Waals surface area contributed by atoms with Crippen molar-refractivity contribution in [2.75, 3.05) is 0 Å². The molecule has 0 radical (unpaired) electrons. The molecule has 0 saturated heterocycles. The Hall–Kier alpha value is -1.42. The van der Waals surface area contributed by atoms with Crippen LogP contribution in [-0.4, -0.2) is 0 Å². The Bertz CT molecular complexity index is 531. The zero-order chi connectivity index (χ0) is 13.0. The lowest BCUT2D eigenvalue weighted by molar-refractivity contribution is 0.548. The van der Waals surface area contributed by atoms with E-state index >= 15 is 0 Å². The van der Waals surface area contributed by atoms with Crippen molar-refractivity contribution in [2.45, 2.75) is 12.5 Å². The number of hydrogen-bond donors (Lipinski definition) is 2. The van der Waals surface area contributed by atoms with Gasteiger partial charge in [-0.2, -0.15) is 0 Å². The van der Waals surface area contributed by atoms with E-state index in [4.69, 9.17) is 17.4 Å². The molecule has 3 N–H and O–H groups in total. The SMILES string of the molecule is NNC(Cc1cccc(F)c1)c1cccc(Cl)c1. The second-order valence-electron chi connectivity index (χ2n) is 4.11. The van der Waals surface area contributed by atoms with E-state index in [-0.39, 0.29) is 11.9 Å². The Morgan fingerprint density at radius 2 is 1.94 bits per heavy atom. The number of halogens is 2. The maximum absolute atomic E-state index is 13.1. The van der Waals surface area contributed by atoms with Gasteiger partial charge < -0.3 is 0 Å². The van der Waals surface area contributed by atoms with Crippen LogP contribution < -0.4 is 11.3 Å². The van der Waals surface area contributed by atoms with E-state index in [1.165, 1.54) is 12.1 Å². The molecule has 1 atom stereocenters. The smallest absolute Gasteiger partial charge is 0.123 e. The Kier molecular flexibility index (Phi) is 4.31. The average Bonchev–Trinajstić information content (AvgIpc) is 2.36. The molecule has 2 aromatic rings. The third-order valence-electron chi connectivity index (χ3n) is 2.78. The van der Waals surface area contributed by atoms with Crippen molar-refractivity contribution < 1.29 is 4.39 Å². The van der Waals surface area contributed by atoms with Gasteiger partial charge in [0.15, 0.2) is 0 Å². The Labute approximate surface area is 111 Å². The summed E-state index contributed by atoms with van der Waals surface area (Å²) >= 11 is 5.95. The minimum absolute atomic E-state index is 0.0921. The molecule has 2 aromatic carbocycles. The van der Waals surface area contributed by atoms with Crippen LogP contribution in [0, 0.1) is 5.82 Å². The van der Waals surface area contributed by atoms with Crippen molar-refractivity contribution in [3.05, 3.63) is 70.5 Å². The maximum atomic E-state index is 13.1. The van der Waals surface area contributed by atoms with Crippen molar-refractivity contribution in [3.63, 3.8) is 0 Å².